The van der Waals surface area contributed by atoms with Gasteiger partial charge in [0, 0.05) is 12.1 Å². The van der Waals surface area contributed by atoms with Gasteiger partial charge in [0.25, 0.3) is 5.91 Å². The third-order valence-corrected chi connectivity index (χ3v) is 5.43. The van der Waals surface area contributed by atoms with Crippen molar-refractivity contribution >= 4 is 11.7 Å². The van der Waals surface area contributed by atoms with Crippen LogP contribution in [0.3, 0.4) is 0 Å². The number of aromatic nitrogens is 2. The standard InChI is InChI=1S/C19H23N3O2/c1-13-2-6-16(7-3-13)24-12-19(23)22(18-8-9-20-21-18)17-11-14-4-5-15(17)10-14/h2-3,6-9,14-15,17H,4-5,10-12H2,1H3,(H,20,21). The molecule has 5 nitrogen and oxygen atoms in total. The van der Waals surface area contributed by atoms with Crippen LogP contribution < -0.4 is 9.64 Å². The molecule has 126 valence electrons. The van der Waals surface area contributed by atoms with E-state index in [-0.39, 0.29) is 18.6 Å². The van der Waals surface area contributed by atoms with Crippen molar-refractivity contribution in [3.05, 3.63) is 42.1 Å². The molecule has 3 unspecified atom stereocenters. The maximum absolute atomic E-state index is 12.9. The van der Waals surface area contributed by atoms with Crippen molar-refractivity contribution in [1.82, 2.24) is 10.2 Å². The summed E-state index contributed by atoms with van der Waals surface area (Å²) in [6.07, 6.45) is 6.59. The molecule has 3 atom stereocenters. The van der Waals surface area contributed by atoms with E-state index in [0.29, 0.717) is 5.92 Å². The van der Waals surface area contributed by atoms with Crippen LogP contribution in [0.1, 0.15) is 31.2 Å². The Balaban J connectivity index is 1.48. The Bertz CT molecular complexity index is 696. The average Bonchev–Trinajstić information content (AvgIpc) is 3.33. The molecular formula is C19H23N3O2. The summed E-state index contributed by atoms with van der Waals surface area (Å²) in [7, 11) is 0. The Hall–Kier alpha value is -2.30. The molecule has 2 aromatic rings. The number of nitrogens with zero attached hydrogens (tertiary/aromatic N) is 2. The van der Waals surface area contributed by atoms with E-state index in [1.54, 1.807) is 6.20 Å². The van der Waals surface area contributed by atoms with Gasteiger partial charge in [0.2, 0.25) is 0 Å². The Morgan fingerprint density at radius 2 is 2.08 bits per heavy atom. The lowest BCUT2D eigenvalue weighted by Crippen LogP contribution is -2.46. The number of aryl methyl sites for hydroxylation is 1. The van der Waals surface area contributed by atoms with Gasteiger partial charge in [-0.25, -0.2) is 0 Å². The smallest absolute Gasteiger partial charge is 0.266 e. The molecule has 1 heterocycles. The molecule has 0 radical (unpaired) electrons. The summed E-state index contributed by atoms with van der Waals surface area (Å²) in [4.78, 5) is 14.8. The van der Waals surface area contributed by atoms with Gasteiger partial charge in [-0.15, -0.1) is 0 Å². The van der Waals surface area contributed by atoms with Crippen LogP contribution in [0.25, 0.3) is 0 Å². The first kappa shape index (κ1) is 15.2. The van der Waals surface area contributed by atoms with E-state index >= 15 is 0 Å². The molecule has 0 spiro atoms. The minimum absolute atomic E-state index is 0.00243. The number of H-pyrrole nitrogens is 1. The molecule has 2 aliphatic carbocycles. The van der Waals surface area contributed by atoms with Gasteiger partial charge in [-0.2, -0.15) is 5.10 Å². The zero-order chi connectivity index (χ0) is 16.5. The zero-order valence-electron chi connectivity index (χ0n) is 13.9. The van der Waals surface area contributed by atoms with E-state index in [1.165, 1.54) is 24.8 Å². The fourth-order valence-corrected chi connectivity index (χ4v) is 4.26. The fraction of sp³-hybridized carbons (Fsp3) is 0.474. The third-order valence-electron chi connectivity index (χ3n) is 5.43. The van der Waals surface area contributed by atoms with Crippen LogP contribution in [-0.4, -0.2) is 28.8 Å². The van der Waals surface area contributed by atoms with Crippen molar-refractivity contribution in [2.45, 2.75) is 38.6 Å². The van der Waals surface area contributed by atoms with Crippen molar-refractivity contribution in [3.63, 3.8) is 0 Å². The number of fused-ring (bicyclic) bond motifs is 2. The molecule has 2 aliphatic rings. The number of carbonyl (C=O) groups excluding carboxylic acids is 1. The van der Waals surface area contributed by atoms with Crippen LogP contribution in [0.4, 0.5) is 5.82 Å². The largest absolute Gasteiger partial charge is 0.484 e. The highest BCUT2D eigenvalue weighted by Gasteiger charge is 2.44. The number of anilines is 1. The summed E-state index contributed by atoms with van der Waals surface area (Å²) >= 11 is 0. The summed E-state index contributed by atoms with van der Waals surface area (Å²) in [5.41, 5.74) is 1.18. The normalized spacial score (nSPS) is 25.0. The number of ether oxygens (including phenoxy) is 1. The molecule has 1 aromatic carbocycles. The molecule has 1 N–H and O–H groups in total. The van der Waals surface area contributed by atoms with Gasteiger partial charge < -0.3 is 4.74 Å². The second kappa shape index (κ2) is 6.30. The van der Waals surface area contributed by atoms with Crippen LogP contribution in [0.15, 0.2) is 36.5 Å². The lowest BCUT2D eigenvalue weighted by atomic mass is 9.94. The highest BCUT2D eigenvalue weighted by molar-refractivity contribution is 5.94. The Kier molecular flexibility index (Phi) is 4.00. The van der Waals surface area contributed by atoms with Crippen LogP contribution >= 0.6 is 0 Å². The number of amides is 1. The second-order valence-corrected chi connectivity index (χ2v) is 7.05. The highest BCUT2D eigenvalue weighted by atomic mass is 16.5. The van der Waals surface area contributed by atoms with Gasteiger partial charge in [0.05, 0.1) is 6.20 Å². The number of hydrogen-bond donors (Lipinski definition) is 1. The van der Waals surface area contributed by atoms with Crippen molar-refractivity contribution in [3.8, 4) is 5.75 Å². The molecule has 2 saturated carbocycles. The molecule has 24 heavy (non-hydrogen) atoms. The summed E-state index contributed by atoms with van der Waals surface area (Å²) in [5, 5.41) is 6.99. The van der Waals surface area contributed by atoms with Crippen molar-refractivity contribution in [2.75, 3.05) is 11.5 Å². The molecule has 4 rings (SSSR count). The molecule has 2 fully saturated rings. The predicted octanol–water partition coefficient (Wildman–Crippen LogP) is 3.32. The SMILES string of the molecule is Cc1ccc(OCC(=O)N(c2ccn[nH]2)C2CC3CCC2C3)cc1. The quantitative estimate of drug-likeness (QED) is 0.917. The maximum atomic E-state index is 12.9. The number of benzene rings is 1. The first-order valence-corrected chi connectivity index (χ1v) is 8.71. The van der Waals surface area contributed by atoms with Crippen LogP contribution in [0.5, 0.6) is 5.75 Å². The minimum atomic E-state index is -0.00243. The van der Waals surface area contributed by atoms with Gasteiger partial charge in [-0.05, 0) is 50.2 Å². The summed E-state index contributed by atoms with van der Waals surface area (Å²) in [6.45, 7) is 2.08. The number of nitrogens with one attached hydrogen (secondary N) is 1. The van der Waals surface area contributed by atoms with E-state index in [1.807, 2.05) is 42.2 Å². The predicted molar refractivity (Wildman–Crippen MR) is 92.0 cm³/mol. The maximum Gasteiger partial charge on any atom is 0.266 e. The third kappa shape index (κ3) is 2.90. The van der Waals surface area contributed by atoms with Crippen LogP contribution in [0, 0.1) is 18.8 Å². The lowest BCUT2D eigenvalue weighted by molar-refractivity contribution is -0.121. The van der Waals surface area contributed by atoms with E-state index in [4.69, 9.17) is 4.74 Å². The van der Waals surface area contributed by atoms with Gasteiger partial charge in [0.1, 0.15) is 11.6 Å². The Labute approximate surface area is 142 Å². The second-order valence-electron chi connectivity index (χ2n) is 7.05. The minimum Gasteiger partial charge on any atom is -0.484 e. The molecule has 5 heteroatoms. The van der Waals surface area contributed by atoms with Crippen molar-refractivity contribution in [1.29, 1.82) is 0 Å². The molecule has 1 amide bonds. The first-order valence-electron chi connectivity index (χ1n) is 8.71. The van der Waals surface area contributed by atoms with Crippen molar-refractivity contribution in [2.24, 2.45) is 11.8 Å². The van der Waals surface area contributed by atoms with E-state index in [9.17, 15) is 4.79 Å². The summed E-state index contributed by atoms with van der Waals surface area (Å²) in [6, 6.07) is 9.93. The summed E-state index contributed by atoms with van der Waals surface area (Å²) in [5.74, 6) is 2.90. The van der Waals surface area contributed by atoms with E-state index in [0.717, 1.165) is 23.9 Å². The number of carbonyl (C=O) groups is 1. The fourth-order valence-electron chi connectivity index (χ4n) is 4.26. The number of aromatic amines is 1. The summed E-state index contributed by atoms with van der Waals surface area (Å²) < 4.78 is 5.72. The number of hydrogen-bond acceptors (Lipinski definition) is 3. The van der Waals surface area contributed by atoms with Gasteiger partial charge in [-0.3, -0.25) is 14.8 Å². The van der Waals surface area contributed by atoms with Crippen molar-refractivity contribution < 1.29 is 9.53 Å². The van der Waals surface area contributed by atoms with Gasteiger partial charge in [0.15, 0.2) is 6.61 Å². The zero-order valence-corrected chi connectivity index (χ0v) is 13.9. The topological polar surface area (TPSA) is 58.2 Å². The molecule has 1 aromatic heterocycles. The number of rotatable bonds is 5. The molecular weight excluding hydrogens is 302 g/mol. The highest BCUT2D eigenvalue weighted by Crippen LogP contribution is 2.47. The molecule has 2 bridgehead atoms. The monoisotopic (exact) mass is 325 g/mol. The van der Waals surface area contributed by atoms with Crippen LogP contribution in [0.2, 0.25) is 0 Å². The van der Waals surface area contributed by atoms with Crippen LogP contribution in [-0.2, 0) is 4.79 Å². The lowest BCUT2D eigenvalue weighted by Gasteiger charge is -2.33. The van der Waals surface area contributed by atoms with E-state index < -0.39 is 0 Å². The Morgan fingerprint density at radius 1 is 1.25 bits per heavy atom. The molecule has 0 aliphatic heterocycles. The van der Waals surface area contributed by atoms with E-state index in [2.05, 4.69) is 10.2 Å². The average molecular weight is 325 g/mol. The first-order chi connectivity index (χ1) is 11.7. The molecule has 0 saturated heterocycles. The van der Waals surface area contributed by atoms with Gasteiger partial charge in [-0.1, -0.05) is 24.1 Å². The van der Waals surface area contributed by atoms with Gasteiger partial charge >= 0.3 is 0 Å². The Morgan fingerprint density at radius 3 is 2.71 bits per heavy atom.